The molecule has 2 aliphatic rings. The number of hydrogen-bond donors (Lipinski definition) is 6. The number of carboxylic acid groups (broad SMARTS) is 2. The standard InChI is InChI=1S/2C34H38N2O5/c2*1-39-33-9-3-2-6-27(33)23-40-18-5-19-41-28-13-11-25(12-14-28)30-16-17-35-22-32(30)36-21-24-10-15-29-26(20-24)7-4-8-31(29)34(37)38/h2*2-4,6-15,20,30,32,35-36H,5,16-19,21-23H2,1H3,(H,37,38)/t2*30-,32-/m10/s1. The van der Waals surface area contributed by atoms with Crippen LogP contribution < -0.4 is 40.2 Å². The maximum absolute atomic E-state index is 11.5. The lowest BCUT2D eigenvalue weighted by molar-refractivity contribution is 0.0688. The molecular weight excluding hydrogens is 1030 g/mol. The molecule has 428 valence electrons. The van der Waals surface area contributed by atoms with Crippen LogP contribution in [0.2, 0.25) is 0 Å². The molecule has 14 nitrogen and oxygen atoms in total. The van der Waals surface area contributed by atoms with Crippen molar-refractivity contribution in [2.45, 2.75) is 75.9 Å². The van der Waals surface area contributed by atoms with Gasteiger partial charge in [0.2, 0.25) is 0 Å². The number of nitrogens with one attached hydrogen (secondary N) is 4. The van der Waals surface area contributed by atoms with Gasteiger partial charge in [-0.3, -0.25) is 0 Å². The molecule has 0 radical (unpaired) electrons. The Balaban J connectivity index is 0.000000198. The van der Waals surface area contributed by atoms with Crippen LogP contribution in [-0.2, 0) is 35.8 Å². The smallest absolute Gasteiger partial charge is 0.336 e. The monoisotopic (exact) mass is 1110 g/mol. The molecule has 0 spiro atoms. The molecule has 2 aliphatic heterocycles. The van der Waals surface area contributed by atoms with E-state index in [4.69, 9.17) is 28.4 Å². The Morgan fingerprint density at radius 2 is 0.927 bits per heavy atom. The summed E-state index contributed by atoms with van der Waals surface area (Å²) in [5.74, 6) is 2.43. The van der Waals surface area contributed by atoms with Gasteiger partial charge in [-0.25, -0.2) is 9.59 Å². The number of para-hydroxylation sites is 2. The highest BCUT2D eigenvalue weighted by atomic mass is 16.5. The van der Waals surface area contributed by atoms with E-state index in [0.29, 0.717) is 62.6 Å². The largest absolute Gasteiger partial charge is 0.496 e. The van der Waals surface area contributed by atoms with Crippen LogP contribution >= 0.6 is 0 Å². The summed E-state index contributed by atoms with van der Waals surface area (Å²) in [6, 6.07) is 56.2. The van der Waals surface area contributed by atoms with Gasteiger partial charge in [-0.15, -0.1) is 0 Å². The van der Waals surface area contributed by atoms with Gasteiger partial charge in [0.25, 0.3) is 0 Å². The number of benzene rings is 8. The molecule has 0 aromatic heterocycles. The van der Waals surface area contributed by atoms with Crippen molar-refractivity contribution in [3.05, 3.63) is 214 Å². The lowest BCUT2D eigenvalue weighted by atomic mass is 9.86. The van der Waals surface area contributed by atoms with Gasteiger partial charge in [-0.1, -0.05) is 109 Å². The van der Waals surface area contributed by atoms with Crippen LogP contribution in [0.5, 0.6) is 23.0 Å². The first-order valence-corrected chi connectivity index (χ1v) is 28.5. The van der Waals surface area contributed by atoms with Crippen molar-refractivity contribution in [3.8, 4) is 23.0 Å². The number of hydrogen-bond acceptors (Lipinski definition) is 12. The summed E-state index contributed by atoms with van der Waals surface area (Å²) in [4.78, 5) is 23.1. The second kappa shape index (κ2) is 30.3. The van der Waals surface area contributed by atoms with Crippen LogP contribution in [0, 0.1) is 0 Å². The summed E-state index contributed by atoms with van der Waals surface area (Å²) in [5.41, 5.74) is 7.65. The van der Waals surface area contributed by atoms with Crippen LogP contribution in [0.1, 0.15) is 91.6 Å². The maximum Gasteiger partial charge on any atom is 0.336 e. The average Bonchev–Trinajstić information content (AvgIpc) is 3.52. The number of rotatable bonds is 26. The van der Waals surface area contributed by atoms with Crippen LogP contribution in [0.25, 0.3) is 21.5 Å². The first-order valence-electron chi connectivity index (χ1n) is 28.5. The van der Waals surface area contributed by atoms with Gasteiger partial charge in [0.15, 0.2) is 0 Å². The molecule has 4 atom stereocenters. The molecule has 0 amide bonds. The molecule has 0 bridgehead atoms. The third kappa shape index (κ3) is 16.2. The number of carbonyl (C=O) groups is 2. The van der Waals surface area contributed by atoms with Crippen molar-refractivity contribution in [2.24, 2.45) is 0 Å². The number of ether oxygens (including phenoxy) is 6. The Labute approximate surface area is 481 Å². The molecule has 0 unspecified atom stereocenters. The second-order valence-electron chi connectivity index (χ2n) is 20.8. The van der Waals surface area contributed by atoms with Crippen molar-refractivity contribution in [1.82, 2.24) is 21.3 Å². The summed E-state index contributed by atoms with van der Waals surface area (Å²) in [5, 5.41) is 36.9. The molecule has 0 aliphatic carbocycles. The Kier molecular flexibility index (Phi) is 21.7. The summed E-state index contributed by atoms with van der Waals surface area (Å²) in [6.07, 6.45) is 3.73. The predicted molar refractivity (Wildman–Crippen MR) is 322 cm³/mol. The fraction of sp³-hybridized carbons (Fsp3) is 0.324. The Bertz CT molecular complexity index is 3100. The van der Waals surface area contributed by atoms with E-state index in [-0.39, 0.29) is 12.1 Å². The molecule has 8 aromatic carbocycles. The molecule has 82 heavy (non-hydrogen) atoms. The predicted octanol–water partition coefficient (Wildman–Crippen LogP) is 11.5. The molecule has 0 saturated carbocycles. The van der Waals surface area contributed by atoms with Gasteiger partial charge in [-0.05, 0) is 130 Å². The van der Waals surface area contributed by atoms with Gasteiger partial charge < -0.3 is 59.9 Å². The van der Waals surface area contributed by atoms with E-state index in [1.807, 2.05) is 84.9 Å². The second-order valence-corrected chi connectivity index (χ2v) is 20.8. The summed E-state index contributed by atoms with van der Waals surface area (Å²) in [7, 11) is 3.35. The van der Waals surface area contributed by atoms with E-state index in [1.165, 1.54) is 11.1 Å². The number of aromatic carboxylic acids is 2. The number of methoxy groups -OCH3 is 2. The van der Waals surface area contributed by atoms with Gasteiger partial charge in [0, 0.05) is 74.1 Å². The zero-order valence-corrected chi connectivity index (χ0v) is 46.9. The number of piperidine rings is 2. The van der Waals surface area contributed by atoms with Crippen molar-refractivity contribution in [2.75, 3.05) is 66.8 Å². The Morgan fingerprint density at radius 3 is 1.34 bits per heavy atom. The first-order chi connectivity index (χ1) is 40.2. The normalized spacial score (nSPS) is 16.9. The fourth-order valence-corrected chi connectivity index (χ4v) is 11.0. The Morgan fingerprint density at radius 1 is 0.500 bits per heavy atom. The third-order valence-corrected chi connectivity index (χ3v) is 15.4. The summed E-state index contributed by atoms with van der Waals surface area (Å²) >= 11 is 0. The van der Waals surface area contributed by atoms with Gasteiger partial charge in [0.05, 0.1) is 65.0 Å². The number of carboxylic acids is 2. The van der Waals surface area contributed by atoms with Crippen molar-refractivity contribution in [3.63, 3.8) is 0 Å². The van der Waals surface area contributed by atoms with Crippen LogP contribution in [-0.4, -0.2) is 101 Å². The molecule has 2 fully saturated rings. The molecule has 14 heteroatoms. The van der Waals surface area contributed by atoms with E-state index < -0.39 is 11.9 Å². The minimum Gasteiger partial charge on any atom is -0.496 e. The van der Waals surface area contributed by atoms with Gasteiger partial charge in [0.1, 0.15) is 23.0 Å². The first kappa shape index (κ1) is 58.8. The summed E-state index contributed by atoms with van der Waals surface area (Å²) < 4.78 is 34.3. The van der Waals surface area contributed by atoms with Crippen molar-refractivity contribution >= 4 is 33.5 Å². The Hall–Kier alpha value is -7.82. The fourth-order valence-electron chi connectivity index (χ4n) is 11.0. The topological polar surface area (TPSA) is 178 Å². The zero-order valence-electron chi connectivity index (χ0n) is 46.9. The highest BCUT2D eigenvalue weighted by Crippen LogP contribution is 2.31. The van der Waals surface area contributed by atoms with E-state index in [0.717, 1.165) is 132 Å². The SMILES string of the molecule is COc1ccccc1COCCCOc1ccc([C@@H]2CCNC[C@@H]2NCc2ccc3c(C(=O)O)cccc3c2)cc1.COc1ccccc1COCCCOc1ccc([C@H]2CCNC[C@H]2NCc2ccc3c(C(=O)O)cccc3c2)cc1. The summed E-state index contributed by atoms with van der Waals surface area (Å²) in [6.45, 7) is 8.70. The maximum atomic E-state index is 11.5. The quantitative estimate of drug-likeness (QED) is 0.0282. The van der Waals surface area contributed by atoms with Gasteiger partial charge >= 0.3 is 11.9 Å². The lowest BCUT2D eigenvalue weighted by Crippen LogP contribution is -2.47. The van der Waals surface area contributed by atoms with Crippen molar-refractivity contribution in [1.29, 1.82) is 0 Å². The van der Waals surface area contributed by atoms with Crippen LogP contribution in [0.15, 0.2) is 170 Å². The molecule has 10 rings (SSSR count). The molecule has 2 heterocycles. The average molecular weight is 1110 g/mol. The zero-order chi connectivity index (χ0) is 56.9. The van der Waals surface area contributed by atoms with E-state index in [9.17, 15) is 19.8 Å². The van der Waals surface area contributed by atoms with E-state index >= 15 is 0 Å². The van der Waals surface area contributed by atoms with E-state index in [2.05, 4.69) is 81.9 Å². The van der Waals surface area contributed by atoms with Gasteiger partial charge in [-0.2, -0.15) is 0 Å². The lowest BCUT2D eigenvalue weighted by Gasteiger charge is -2.33. The highest BCUT2D eigenvalue weighted by Gasteiger charge is 2.28. The minimum absolute atomic E-state index is 0.289. The molecular formula is C68H76N4O10. The molecule has 2 saturated heterocycles. The van der Waals surface area contributed by atoms with Crippen LogP contribution in [0.3, 0.4) is 0 Å². The molecule has 6 N–H and O–H groups in total. The van der Waals surface area contributed by atoms with Crippen LogP contribution in [0.4, 0.5) is 0 Å². The van der Waals surface area contributed by atoms with Crippen molar-refractivity contribution < 1.29 is 48.2 Å². The molecule has 8 aromatic rings. The number of fused-ring (bicyclic) bond motifs is 2. The third-order valence-electron chi connectivity index (χ3n) is 15.4. The minimum atomic E-state index is -0.900. The highest BCUT2D eigenvalue weighted by molar-refractivity contribution is 6.04. The van der Waals surface area contributed by atoms with E-state index in [1.54, 1.807) is 38.5 Å².